The van der Waals surface area contributed by atoms with E-state index < -0.39 is 0 Å². The predicted molar refractivity (Wildman–Crippen MR) is 75.6 cm³/mol. The molecule has 1 aliphatic heterocycles. The summed E-state index contributed by atoms with van der Waals surface area (Å²) in [5.74, 6) is 0. The van der Waals surface area contributed by atoms with Crippen molar-refractivity contribution < 1.29 is 4.74 Å². The van der Waals surface area contributed by atoms with Gasteiger partial charge in [0.1, 0.15) is 0 Å². The Kier molecular flexibility index (Phi) is 4.95. The van der Waals surface area contributed by atoms with Crippen LogP contribution in [0.2, 0.25) is 0 Å². The van der Waals surface area contributed by atoms with Crippen molar-refractivity contribution in [3.8, 4) is 6.07 Å². The van der Waals surface area contributed by atoms with Gasteiger partial charge in [-0.2, -0.15) is 5.26 Å². The molecule has 0 radical (unpaired) electrons. The molecule has 2 rings (SSSR count). The normalized spacial score (nSPS) is 25.7. The summed E-state index contributed by atoms with van der Waals surface area (Å²) in [4.78, 5) is 2.45. The van der Waals surface area contributed by atoms with Gasteiger partial charge in [0.25, 0.3) is 0 Å². The van der Waals surface area contributed by atoms with Gasteiger partial charge < -0.3 is 4.74 Å². The van der Waals surface area contributed by atoms with Crippen LogP contribution in [-0.4, -0.2) is 30.2 Å². The molecule has 19 heavy (non-hydrogen) atoms. The van der Waals surface area contributed by atoms with Gasteiger partial charge in [0.2, 0.25) is 0 Å². The molecule has 0 aromatic heterocycles. The molecule has 1 fully saturated rings. The summed E-state index contributed by atoms with van der Waals surface area (Å²) in [6.07, 6.45) is 1.84. The third-order valence-electron chi connectivity index (χ3n) is 3.85. The highest BCUT2D eigenvalue weighted by atomic mass is 16.5. The summed E-state index contributed by atoms with van der Waals surface area (Å²) in [7, 11) is 0. The molecule has 0 spiro atoms. The Morgan fingerprint density at radius 2 is 2.16 bits per heavy atom. The van der Waals surface area contributed by atoms with Crippen LogP contribution in [0.25, 0.3) is 0 Å². The van der Waals surface area contributed by atoms with Crippen molar-refractivity contribution in [2.45, 2.75) is 44.9 Å². The Morgan fingerprint density at radius 3 is 2.79 bits per heavy atom. The molecule has 1 heterocycles. The molecule has 0 saturated carbocycles. The zero-order chi connectivity index (χ0) is 13.7. The second-order valence-electron chi connectivity index (χ2n) is 5.19. The second kappa shape index (κ2) is 6.70. The average molecular weight is 258 g/mol. The summed E-state index contributed by atoms with van der Waals surface area (Å²) < 4.78 is 5.75. The lowest BCUT2D eigenvalue weighted by Gasteiger charge is -2.42. The van der Waals surface area contributed by atoms with E-state index in [-0.39, 0.29) is 12.1 Å². The summed E-state index contributed by atoms with van der Waals surface area (Å²) in [5, 5.41) is 9.15. The highest BCUT2D eigenvalue weighted by Crippen LogP contribution is 2.29. The van der Waals surface area contributed by atoms with E-state index in [1.165, 1.54) is 5.56 Å². The van der Waals surface area contributed by atoms with E-state index in [0.29, 0.717) is 12.5 Å². The van der Waals surface area contributed by atoms with Crippen LogP contribution in [0.5, 0.6) is 0 Å². The molecule has 3 nitrogen and oxygen atoms in total. The molecule has 0 bridgehead atoms. The van der Waals surface area contributed by atoms with Gasteiger partial charge >= 0.3 is 0 Å². The number of ether oxygens (including phenoxy) is 1. The van der Waals surface area contributed by atoms with Crippen molar-refractivity contribution in [1.29, 1.82) is 5.26 Å². The van der Waals surface area contributed by atoms with E-state index >= 15 is 0 Å². The summed E-state index contributed by atoms with van der Waals surface area (Å²) in [6.45, 7) is 5.96. The Morgan fingerprint density at radius 1 is 1.42 bits per heavy atom. The monoisotopic (exact) mass is 258 g/mol. The van der Waals surface area contributed by atoms with Gasteiger partial charge in [-0.1, -0.05) is 37.3 Å². The van der Waals surface area contributed by atoms with E-state index in [1.807, 2.05) is 18.2 Å². The first-order valence-electron chi connectivity index (χ1n) is 7.05. The zero-order valence-electron chi connectivity index (χ0n) is 11.7. The number of morpholine rings is 1. The van der Waals surface area contributed by atoms with E-state index in [1.54, 1.807) is 0 Å². The first kappa shape index (κ1) is 14.0. The predicted octanol–water partition coefficient (Wildman–Crippen LogP) is 3.14. The third-order valence-corrected chi connectivity index (χ3v) is 3.85. The molecule has 1 saturated heterocycles. The average Bonchev–Trinajstić information content (AvgIpc) is 2.45. The van der Waals surface area contributed by atoms with Crippen molar-refractivity contribution in [1.82, 2.24) is 4.90 Å². The van der Waals surface area contributed by atoms with Crippen LogP contribution < -0.4 is 0 Å². The molecular formula is C16H22N2O. The van der Waals surface area contributed by atoms with E-state index in [4.69, 9.17) is 10.00 Å². The molecule has 1 aliphatic rings. The number of benzene rings is 1. The van der Waals surface area contributed by atoms with Crippen LogP contribution in [0.1, 0.15) is 38.3 Å². The molecule has 102 valence electrons. The number of rotatable bonds is 4. The van der Waals surface area contributed by atoms with Crippen LogP contribution >= 0.6 is 0 Å². The van der Waals surface area contributed by atoms with Gasteiger partial charge in [-0.3, -0.25) is 4.90 Å². The fourth-order valence-corrected chi connectivity index (χ4v) is 2.79. The molecular weight excluding hydrogens is 236 g/mol. The Bertz CT molecular complexity index is 426. The Balaban J connectivity index is 2.24. The maximum Gasteiger partial charge on any atom is 0.0675 e. The summed E-state index contributed by atoms with van der Waals surface area (Å²) >= 11 is 0. The Labute approximate surface area is 115 Å². The minimum absolute atomic E-state index is 0.183. The number of hydrogen-bond donors (Lipinski definition) is 0. The minimum Gasteiger partial charge on any atom is -0.376 e. The van der Waals surface area contributed by atoms with Crippen LogP contribution in [0.3, 0.4) is 0 Å². The zero-order valence-corrected chi connectivity index (χ0v) is 11.7. The van der Waals surface area contributed by atoms with Crippen molar-refractivity contribution in [3.63, 3.8) is 0 Å². The highest BCUT2D eigenvalue weighted by Gasteiger charge is 2.31. The van der Waals surface area contributed by atoms with Crippen molar-refractivity contribution in [2.24, 2.45) is 0 Å². The molecule has 0 amide bonds. The third kappa shape index (κ3) is 3.34. The van der Waals surface area contributed by atoms with E-state index in [0.717, 1.165) is 19.6 Å². The van der Waals surface area contributed by atoms with Gasteiger partial charge in [0.15, 0.2) is 0 Å². The van der Waals surface area contributed by atoms with E-state index in [2.05, 4.69) is 36.9 Å². The maximum absolute atomic E-state index is 9.15. The van der Waals surface area contributed by atoms with Crippen LogP contribution in [0.15, 0.2) is 30.3 Å². The first-order chi connectivity index (χ1) is 9.26. The van der Waals surface area contributed by atoms with Crippen molar-refractivity contribution in [2.75, 3.05) is 13.2 Å². The van der Waals surface area contributed by atoms with Crippen LogP contribution in [0, 0.1) is 11.3 Å². The standard InChI is InChI=1S/C16H22N2O/c1-3-15-12-19-13(2)11-18(15)16(9-10-17)14-7-5-4-6-8-14/h4-8,13,15-16H,3,9,11-12H2,1-2H3. The van der Waals surface area contributed by atoms with Crippen molar-refractivity contribution in [3.05, 3.63) is 35.9 Å². The molecule has 1 aromatic carbocycles. The molecule has 1 aromatic rings. The largest absolute Gasteiger partial charge is 0.376 e. The number of nitriles is 1. The lowest BCUT2D eigenvalue weighted by atomic mass is 9.98. The summed E-state index contributed by atoms with van der Waals surface area (Å²) in [5.41, 5.74) is 1.23. The van der Waals surface area contributed by atoms with Gasteiger partial charge in [-0.15, -0.1) is 0 Å². The SMILES string of the molecule is CCC1COC(C)CN1C(CC#N)c1ccccc1. The molecule has 0 aliphatic carbocycles. The lowest BCUT2D eigenvalue weighted by molar-refractivity contribution is -0.0726. The molecule has 0 N–H and O–H groups in total. The number of nitrogens with zero attached hydrogens (tertiary/aromatic N) is 2. The maximum atomic E-state index is 9.15. The lowest BCUT2D eigenvalue weighted by Crippen LogP contribution is -2.49. The van der Waals surface area contributed by atoms with E-state index in [9.17, 15) is 0 Å². The molecule has 3 atom stereocenters. The highest BCUT2D eigenvalue weighted by molar-refractivity contribution is 5.20. The quantitative estimate of drug-likeness (QED) is 0.832. The van der Waals surface area contributed by atoms with Crippen LogP contribution in [-0.2, 0) is 4.74 Å². The molecule has 3 unspecified atom stereocenters. The van der Waals surface area contributed by atoms with Crippen LogP contribution in [0.4, 0.5) is 0 Å². The fourth-order valence-electron chi connectivity index (χ4n) is 2.79. The van der Waals surface area contributed by atoms with Gasteiger partial charge in [-0.25, -0.2) is 0 Å². The smallest absolute Gasteiger partial charge is 0.0675 e. The minimum atomic E-state index is 0.183. The van der Waals surface area contributed by atoms with Gasteiger partial charge in [0.05, 0.1) is 25.2 Å². The fraction of sp³-hybridized carbons (Fsp3) is 0.562. The summed E-state index contributed by atoms with van der Waals surface area (Å²) in [6, 6.07) is 13.3. The first-order valence-corrected chi connectivity index (χ1v) is 7.05. The van der Waals surface area contributed by atoms with Crippen molar-refractivity contribution >= 4 is 0 Å². The number of hydrogen-bond acceptors (Lipinski definition) is 3. The second-order valence-corrected chi connectivity index (χ2v) is 5.19. The molecule has 3 heteroatoms. The van der Waals surface area contributed by atoms with Gasteiger partial charge in [-0.05, 0) is 18.9 Å². The Hall–Kier alpha value is -1.37. The topological polar surface area (TPSA) is 36.3 Å². The van der Waals surface area contributed by atoms with Gasteiger partial charge in [0, 0.05) is 18.6 Å².